The monoisotopic (exact) mass is 1780 g/mol. The van der Waals surface area contributed by atoms with Crippen molar-refractivity contribution in [2.45, 2.75) is 86.6 Å². The third kappa shape index (κ3) is 54.3. The number of hydrogen-bond acceptors (Lipinski definition) is 31. The van der Waals surface area contributed by atoms with E-state index in [4.69, 9.17) is 69.4 Å². The number of nitrogens with one attached hydrogen (secondary N) is 13. The van der Waals surface area contributed by atoms with Gasteiger partial charge in [-0.3, -0.25) is 76.9 Å². The molecule has 2 aromatic carbocycles. The SMILES string of the molecule is NC(=O)COCC(=O)NCCOCCOCCOCCNC(=O)[C@@H]1CSCC(=O)N[C@@H](CCCCNC(=O)COCC(=O)NCCOCCOCCOCCOCCOCCNC(=O)CO/N=C/c2ccccc2)C(=O)NC(S)C(=O)N[C@@H](CCCN=C(N)N)C(=O)NCC(=O)N[C@@H](CC(=O)O)C(=O)N[C@@H](CS)C(=O)N[C@@H](Cc2ccccc2)C(=O)N1. The number of unbranched alkanes of at least 4 members (excludes halogenated alkanes) is 1. The first-order valence-corrected chi connectivity index (χ1v) is 41.3. The number of guanidine groups is 1. The fraction of sp³-hybridized carbons (Fsp3) is 0.608. The minimum atomic E-state index is -1.88. The first kappa shape index (κ1) is 106. The Morgan fingerprint density at radius 3 is 1.43 bits per heavy atom. The second kappa shape index (κ2) is 67.5. The van der Waals surface area contributed by atoms with Crippen molar-refractivity contribution >= 4 is 138 Å². The molecule has 682 valence electrons. The van der Waals surface area contributed by atoms with Gasteiger partial charge < -0.3 is 144 Å². The lowest BCUT2D eigenvalue weighted by Gasteiger charge is -2.26. The van der Waals surface area contributed by atoms with Crippen LogP contribution in [0.4, 0.5) is 0 Å². The zero-order chi connectivity index (χ0) is 89.2. The molecular weight excluding hydrogens is 1670 g/mol. The van der Waals surface area contributed by atoms with Crippen molar-refractivity contribution in [2.24, 2.45) is 27.3 Å². The molecule has 2 aromatic rings. The second-order valence-corrected chi connectivity index (χ2v) is 27.9. The van der Waals surface area contributed by atoms with Crippen LogP contribution < -0.4 is 86.3 Å². The Bertz CT molecular complexity index is 3550. The number of thioether (sulfide) groups is 1. The third-order valence-electron chi connectivity index (χ3n) is 16.0. The molecule has 122 heavy (non-hydrogen) atoms. The number of carbonyl (C=O) groups excluding carboxylic acids is 14. The molecule has 1 saturated heterocycles. The molecule has 0 bridgehead atoms. The van der Waals surface area contributed by atoms with Crippen molar-refractivity contribution in [1.29, 1.82) is 0 Å². The van der Waals surface area contributed by atoms with Gasteiger partial charge in [-0.15, -0.1) is 24.4 Å². The van der Waals surface area contributed by atoms with Crippen molar-refractivity contribution in [2.75, 3.05) is 202 Å². The quantitative estimate of drug-likeness (QED) is 0.00962. The Morgan fingerprint density at radius 1 is 0.467 bits per heavy atom. The topological polar surface area (TPSA) is 637 Å². The highest BCUT2D eigenvalue weighted by Gasteiger charge is 2.34. The molecule has 45 nitrogen and oxygen atoms in total. The summed E-state index contributed by atoms with van der Waals surface area (Å²) < 4.78 is 54.1. The normalized spacial score (nSPS) is 18.0. The summed E-state index contributed by atoms with van der Waals surface area (Å²) in [5.41, 5.74) is 17.3. The summed E-state index contributed by atoms with van der Waals surface area (Å²) in [6, 6.07) is 8.25. The Hall–Kier alpha value is -10.1. The number of benzene rings is 2. The van der Waals surface area contributed by atoms with Gasteiger partial charge in [0.25, 0.3) is 11.8 Å². The smallest absolute Gasteiger partial charge is 0.305 e. The molecule has 1 aliphatic heterocycles. The van der Waals surface area contributed by atoms with Crippen LogP contribution in [-0.4, -0.2) is 349 Å². The van der Waals surface area contributed by atoms with Gasteiger partial charge in [0.1, 0.15) is 62.7 Å². The predicted octanol–water partition coefficient (Wildman–Crippen LogP) is -7.72. The molecular formula is C74H116N18O27S3. The first-order valence-electron chi connectivity index (χ1n) is 39.0. The van der Waals surface area contributed by atoms with Crippen molar-refractivity contribution in [3.63, 3.8) is 0 Å². The maximum absolute atomic E-state index is 14.5. The average molecular weight is 1790 g/mol. The van der Waals surface area contributed by atoms with E-state index in [2.05, 4.69) is 105 Å². The molecule has 0 aliphatic carbocycles. The lowest BCUT2D eigenvalue weighted by molar-refractivity contribution is -0.141. The standard InChI is InChI=1S/C74H116N18O27S3/c75-58(93)42-117-43-61(96)79-18-22-109-26-30-113-33-29-112-25-21-82-67(103)57-48-122-49-64(99)86-53(14-7-8-16-78-60(95)44-118-45-62(97)80-19-23-110-27-31-114-34-36-116-37-35-115-32-28-111-24-20-81-63(98)46-119-85-40-51-12-5-2-6-13-51)68(104)92-73(121)72(108)88-52(15-9-17-83-74(76)77)66(102)84-41-59(94)87-55(39-65(100)101)70(106)90-56(47-120)71(107)89-54(69(105)91-57)38-50-10-3-1-4-11-50/h1-6,10-13,40,52-57,73,120-121H,7-9,14-39,41-49H2,(H2,75,93)(H,78,95)(H,79,96)(H,80,97)(H,81,98)(H,82,103)(H,84,102)(H,86,99)(H,87,94)(H,88,108)(H,89,107)(H,90,106)(H,91,105)(H,92,104)(H,100,101)(H4,76,77,83)/b85-40+/t52-,53-,54-,55-,56-,57-,73?/m0/s1. The highest BCUT2D eigenvalue weighted by molar-refractivity contribution is 8.00. The molecule has 1 heterocycles. The summed E-state index contributed by atoms with van der Waals surface area (Å²) in [6.45, 7) is 1.19. The van der Waals surface area contributed by atoms with Gasteiger partial charge in [0.15, 0.2) is 17.9 Å². The number of nitrogens with zero attached hydrogens (tertiary/aromatic N) is 2. The van der Waals surface area contributed by atoms with Gasteiger partial charge in [-0.25, -0.2) is 0 Å². The first-order chi connectivity index (χ1) is 58.8. The summed E-state index contributed by atoms with van der Waals surface area (Å²) in [6.07, 6.45) is 0.357. The minimum absolute atomic E-state index is 0.0262. The van der Waals surface area contributed by atoms with E-state index in [-0.39, 0.29) is 162 Å². The van der Waals surface area contributed by atoms with E-state index in [0.29, 0.717) is 58.4 Å². The molecule has 1 aliphatic rings. The van der Waals surface area contributed by atoms with Gasteiger partial charge in [0.05, 0.1) is 131 Å². The van der Waals surface area contributed by atoms with Gasteiger partial charge in [0, 0.05) is 57.2 Å². The van der Waals surface area contributed by atoms with Gasteiger partial charge in [-0.05, 0) is 43.2 Å². The molecule has 3 rings (SSSR count). The summed E-state index contributed by atoms with van der Waals surface area (Å²) in [4.78, 5) is 206. The number of thiol groups is 2. The Labute approximate surface area is 720 Å². The zero-order valence-electron chi connectivity index (χ0n) is 67.8. The number of carbonyl (C=O) groups is 15. The van der Waals surface area contributed by atoms with E-state index in [1.165, 1.54) is 6.21 Å². The van der Waals surface area contributed by atoms with E-state index in [1.54, 1.807) is 30.3 Å². The number of primary amides is 1. The lowest BCUT2D eigenvalue weighted by Crippen LogP contribution is -2.60. The Morgan fingerprint density at radius 2 is 0.910 bits per heavy atom. The van der Waals surface area contributed by atoms with Crippen LogP contribution in [0.1, 0.15) is 49.7 Å². The molecule has 14 amide bonds. The van der Waals surface area contributed by atoms with Crippen LogP contribution >= 0.6 is 37.0 Å². The number of rotatable bonds is 57. The number of nitrogens with two attached hydrogens (primary N) is 3. The molecule has 7 atom stereocenters. The van der Waals surface area contributed by atoms with E-state index in [1.807, 2.05) is 30.3 Å². The molecule has 1 unspecified atom stereocenters. The molecule has 1 fully saturated rings. The maximum Gasteiger partial charge on any atom is 0.305 e. The van der Waals surface area contributed by atoms with E-state index in [0.717, 1.165) is 17.3 Å². The highest BCUT2D eigenvalue weighted by atomic mass is 32.2. The number of amides is 14. The van der Waals surface area contributed by atoms with Gasteiger partial charge in [-0.2, -0.15) is 12.6 Å². The Kier molecular flexibility index (Phi) is 58.6. The fourth-order valence-electron chi connectivity index (χ4n) is 10.1. The summed E-state index contributed by atoms with van der Waals surface area (Å²) in [7, 11) is 0. The van der Waals surface area contributed by atoms with Crippen LogP contribution in [0.3, 0.4) is 0 Å². The predicted molar refractivity (Wildman–Crippen MR) is 445 cm³/mol. The molecule has 0 aromatic heterocycles. The van der Waals surface area contributed by atoms with E-state index in [9.17, 15) is 77.0 Å². The van der Waals surface area contributed by atoms with Crippen LogP contribution in [0, 0.1) is 0 Å². The van der Waals surface area contributed by atoms with E-state index >= 15 is 0 Å². The summed E-state index contributed by atoms with van der Waals surface area (Å²) >= 11 is 9.36. The van der Waals surface area contributed by atoms with Crippen molar-refractivity contribution in [3.8, 4) is 0 Å². The van der Waals surface area contributed by atoms with Crippen LogP contribution in [0.2, 0.25) is 0 Å². The average Bonchev–Trinajstić information content (AvgIpc) is 0.897. The second-order valence-electron chi connectivity index (χ2n) is 26.0. The van der Waals surface area contributed by atoms with Gasteiger partial charge in [0.2, 0.25) is 70.9 Å². The lowest BCUT2D eigenvalue weighted by atomic mass is 10.0. The number of hydrogen-bond donors (Lipinski definition) is 19. The molecule has 20 N–H and O–H groups in total. The largest absolute Gasteiger partial charge is 0.481 e. The Balaban J connectivity index is 1.61. The fourth-order valence-corrected chi connectivity index (χ4v) is 11.4. The van der Waals surface area contributed by atoms with Crippen LogP contribution in [-0.2, 0) is 131 Å². The zero-order valence-corrected chi connectivity index (χ0v) is 70.4. The number of carboxylic acids is 1. The summed E-state index contributed by atoms with van der Waals surface area (Å²) in [5.74, 6) is -14.6. The van der Waals surface area contributed by atoms with Crippen molar-refractivity contribution in [3.05, 3.63) is 71.8 Å². The van der Waals surface area contributed by atoms with Gasteiger partial charge >= 0.3 is 5.97 Å². The van der Waals surface area contributed by atoms with Crippen LogP contribution in [0.5, 0.6) is 0 Å². The van der Waals surface area contributed by atoms with Gasteiger partial charge in [-0.1, -0.05) is 65.8 Å². The number of aliphatic imine (C=N–C) groups is 1. The third-order valence-corrected chi connectivity index (χ3v) is 17.8. The highest BCUT2D eigenvalue weighted by Crippen LogP contribution is 2.12. The number of oxime groups is 1. The van der Waals surface area contributed by atoms with E-state index < -0.39 is 169 Å². The molecule has 0 radical (unpaired) electrons. The molecule has 0 saturated carbocycles. The molecule has 48 heteroatoms. The van der Waals surface area contributed by atoms with Crippen LogP contribution in [0.25, 0.3) is 0 Å². The minimum Gasteiger partial charge on any atom is -0.481 e. The number of carboxylic acid groups (broad SMARTS) is 1. The van der Waals surface area contributed by atoms with Crippen LogP contribution in [0.15, 0.2) is 70.8 Å². The molecule has 0 spiro atoms. The number of ether oxygens (including phenoxy) is 10. The summed E-state index contributed by atoms with van der Waals surface area (Å²) in [5, 5.41) is 44.5. The maximum atomic E-state index is 14.5. The number of aliphatic carboxylic acids is 1. The van der Waals surface area contributed by atoms with Crippen molar-refractivity contribution in [1.82, 2.24) is 69.1 Å². The van der Waals surface area contributed by atoms with Crippen molar-refractivity contribution < 1.29 is 129 Å².